The first kappa shape index (κ1) is 13.4. The summed E-state index contributed by atoms with van der Waals surface area (Å²) in [4.78, 5) is 12.4. The van der Waals surface area contributed by atoms with Crippen molar-refractivity contribution in [3.8, 4) is 5.75 Å². The lowest BCUT2D eigenvalue weighted by Gasteiger charge is -2.27. The van der Waals surface area contributed by atoms with E-state index in [9.17, 15) is 9.90 Å². The van der Waals surface area contributed by atoms with Crippen LogP contribution in [0.2, 0.25) is 0 Å². The second kappa shape index (κ2) is 6.23. The zero-order valence-corrected chi connectivity index (χ0v) is 11.8. The summed E-state index contributed by atoms with van der Waals surface area (Å²) in [5.41, 5.74) is 0.347. The van der Waals surface area contributed by atoms with Gasteiger partial charge in [-0.1, -0.05) is 40.9 Å². The number of phenolic OH excluding ortho intramolecular Hbond substituents is 1. The lowest BCUT2D eigenvalue weighted by Crippen LogP contribution is -2.34. The molecular formula is C14H18BrNO2. The molecule has 0 radical (unpaired) electrons. The molecule has 1 aromatic carbocycles. The maximum Gasteiger partial charge on any atom is 0.255 e. The number of alkyl halides is 1. The van der Waals surface area contributed by atoms with Gasteiger partial charge in [-0.15, -0.1) is 0 Å². The Balaban J connectivity index is 1.90. The molecule has 0 saturated heterocycles. The third kappa shape index (κ3) is 3.25. The molecule has 2 atom stereocenters. The van der Waals surface area contributed by atoms with Crippen molar-refractivity contribution in [2.24, 2.45) is 5.92 Å². The van der Waals surface area contributed by atoms with Crippen LogP contribution in [0.15, 0.2) is 24.3 Å². The maximum atomic E-state index is 11.9. The number of nitrogens with one attached hydrogen (secondary N) is 1. The molecule has 0 heterocycles. The van der Waals surface area contributed by atoms with E-state index in [-0.39, 0.29) is 11.7 Å². The summed E-state index contributed by atoms with van der Waals surface area (Å²) in [5, 5.41) is 12.5. The molecule has 1 aliphatic carbocycles. The van der Waals surface area contributed by atoms with Crippen molar-refractivity contribution in [3.63, 3.8) is 0 Å². The van der Waals surface area contributed by atoms with E-state index in [1.807, 2.05) is 0 Å². The molecule has 4 heteroatoms. The molecule has 0 bridgehead atoms. The number of benzene rings is 1. The normalized spacial score (nSPS) is 23.6. The molecule has 18 heavy (non-hydrogen) atoms. The van der Waals surface area contributed by atoms with E-state index in [0.29, 0.717) is 22.9 Å². The number of aromatic hydroxyl groups is 1. The van der Waals surface area contributed by atoms with Gasteiger partial charge in [0, 0.05) is 11.4 Å². The predicted molar refractivity (Wildman–Crippen MR) is 75.1 cm³/mol. The summed E-state index contributed by atoms with van der Waals surface area (Å²) < 4.78 is 0. The standard InChI is InChI=1S/C14H18BrNO2/c15-12-7-3-1-5-10(12)9-16-14(18)11-6-2-4-8-13(11)17/h2,4,6,8,10,12,17H,1,3,5,7,9H2,(H,16,18). The minimum absolute atomic E-state index is 0.0361. The number of carbonyl (C=O) groups excluding carboxylic acids is 1. The second-order valence-electron chi connectivity index (χ2n) is 4.79. The Labute approximate surface area is 116 Å². The summed E-state index contributed by atoms with van der Waals surface area (Å²) in [6.07, 6.45) is 4.83. The van der Waals surface area contributed by atoms with Crippen LogP contribution >= 0.6 is 15.9 Å². The molecule has 0 spiro atoms. The molecule has 2 unspecified atom stereocenters. The van der Waals surface area contributed by atoms with Crippen LogP contribution in [0, 0.1) is 5.92 Å². The van der Waals surface area contributed by atoms with Gasteiger partial charge in [0.05, 0.1) is 5.56 Å². The first-order valence-electron chi connectivity index (χ1n) is 6.38. The van der Waals surface area contributed by atoms with Gasteiger partial charge >= 0.3 is 0 Å². The molecule has 3 nitrogen and oxygen atoms in total. The van der Waals surface area contributed by atoms with Crippen LogP contribution in [-0.2, 0) is 0 Å². The van der Waals surface area contributed by atoms with E-state index in [1.165, 1.54) is 25.3 Å². The van der Waals surface area contributed by atoms with E-state index < -0.39 is 0 Å². The smallest absolute Gasteiger partial charge is 0.255 e. The van der Waals surface area contributed by atoms with Crippen molar-refractivity contribution in [3.05, 3.63) is 29.8 Å². The minimum atomic E-state index is -0.196. The van der Waals surface area contributed by atoms with Crippen molar-refractivity contribution in [1.82, 2.24) is 5.32 Å². The highest BCUT2D eigenvalue weighted by atomic mass is 79.9. The predicted octanol–water partition coefficient (Wildman–Crippen LogP) is 3.08. The van der Waals surface area contributed by atoms with Crippen LogP contribution in [-0.4, -0.2) is 22.4 Å². The van der Waals surface area contributed by atoms with Gasteiger partial charge in [-0.05, 0) is 30.9 Å². The number of rotatable bonds is 3. The number of hydrogen-bond donors (Lipinski definition) is 2. The van der Waals surface area contributed by atoms with Crippen molar-refractivity contribution in [2.45, 2.75) is 30.5 Å². The van der Waals surface area contributed by atoms with Crippen LogP contribution in [0.1, 0.15) is 36.0 Å². The largest absolute Gasteiger partial charge is 0.507 e. The molecule has 1 aliphatic rings. The average molecular weight is 312 g/mol. The third-order valence-corrected chi connectivity index (χ3v) is 4.70. The summed E-state index contributed by atoms with van der Waals surface area (Å²) >= 11 is 3.67. The molecule has 0 aliphatic heterocycles. The van der Waals surface area contributed by atoms with Gasteiger partial charge in [-0.3, -0.25) is 4.79 Å². The number of phenols is 1. The first-order chi connectivity index (χ1) is 8.68. The first-order valence-corrected chi connectivity index (χ1v) is 7.30. The van der Waals surface area contributed by atoms with Crippen LogP contribution in [0.25, 0.3) is 0 Å². The number of hydrogen-bond acceptors (Lipinski definition) is 2. The van der Waals surface area contributed by atoms with Crippen molar-refractivity contribution in [2.75, 3.05) is 6.54 Å². The zero-order valence-electron chi connectivity index (χ0n) is 10.2. The number of carbonyl (C=O) groups is 1. The van der Waals surface area contributed by atoms with Gasteiger partial charge in [0.25, 0.3) is 5.91 Å². The lowest BCUT2D eigenvalue weighted by molar-refractivity contribution is 0.0942. The molecular weight excluding hydrogens is 294 g/mol. The molecule has 1 saturated carbocycles. The number of para-hydroxylation sites is 1. The number of amides is 1. The van der Waals surface area contributed by atoms with Crippen LogP contribution < -0.4 is 5.32 Å². The highest BCUT2D eigenvalue weighted by molar-refractivity contribution is 9.09. The monoisotopic (exact) mass is 311 g/mol. The molecule has 98 valence electrons. The fraction of sp³-hybridized carbons (Fsp3) is 0.500. The summed E-state index contributed by atoms with van der Waals surface area (Å²) in [6.45, 7) is 0.670. The second-order valence-corrected chi connectivity index (χ2v) is 5.96. The van der Waals surface area contributed by atoms with Crippen molar-refractivity contribution < 1.29 is 9.90 Å². The van der Waals surface area contributed by atoms with E-state index in [2.05, 4.69) is 21.2 Å². The van der Waals surface area contributed by atoms with Crippen LogP contribution in [0.5, 0.6) is 5.75 Å². The topological polar surface area (TPSA) is 49.3 Å². The van der Waals surface area contributed by atoms with Crippen LogP contribution in [0.4, 0.5) is 0 Å². The Morgan fingerprint density at radius 2 is 2.06 bits per heavy atom. The highest BCUT2D eigenvalue weighted by Gasteiger charge is 2.23. The molecule has 2 rings (SSSR count). The van der Waals surface area contributed by atoms with Gasteiger partial charge < -0.3 is 10.4 Å². The van der Waals surface area contributed by atoms with Crippen molar-refractivity contribution >= 4 is 21.8 Å². The average Bonchev–Trinajstić information content (AvgIpc) is 2.38. The molecule has 0 aromatic heterocycles. The van der Waals surface area contributed by atoms with Gasteiger partial charge in [-0.2, -0.15) is 0 Å². The fourth-order valence-electron chi connectivity index (χ4n) is 2.38. The molecule has 2 N–H and O–H groups in total. The van der Waals surface area contributed by atoms with Gasteiger partial charge in [0.1, 0.15) is 5.75 Å². The zero-order chi connectivity index (χ0) is 13.0. The van der Waals surface area contributed by atoms with Crippen molar-refractivity contribution in [1.29, 1.82) is 0 Å². The summed E-state index contributed by atoms with van der Waals surface area (Å²) in [7, 11) is 0. The Morgan fingerprint density at radius 1 is 1.33 bits per heavy atom. The van der Waals surface area contributed by atoms with Gasteiger partial charge in [-0.25, -0.2) is 0 Å². The Bertz CT molecular complexity index is 422. The maximum absolute atomic E-state index is 11.9. The minimum Gasteiger partial charge on any atom is -0.507 e. The van der Waals surface area contributed by atoms with Gasteiger partial charge in [0.15, 0.2) is 0 Å². The Morgan fingerprint density at radius 3 is 2.78 bits per heavy atom. The summed E-state index contributed by atoms with van der Waals surface area (Å²) in [5.74, 6) is 0.334. The number of halogens is 1. The van der Waals surface area contributed by atoms with E-state index >= 15 is 0 Å². The highest BCUT2D eigenvalue weighted by Crippen LogP contribution is 2.29. The summed E-state index contributed by atoms with van der Waals surface area (Å²) in [6, 6.07) is 6.63. The fourth-order valence-corrected chi connectivity index (χ4v) is 3.15. The molecule has 1 amide bonds. The van der Waals surface area contributed by atoms with E-state index in [1.54, 1.807) is 18.2 Å². The molecule has 1 fully saturated rings. The quantitative estimate of drug-likeness (QED) is 0.843. The van der Waals surface area contributed by atoms with E-state index in [0.717, 1.165) is 6.42 Å². The SMILES string of the molecule is O=C(NCC1CCCCC1Br)c1ccccc1O. The van der Waals surface area contributed by atoms with Gasteiger partial charge in [0.2, 0.25) is 0 Å². The van der Waals surface area contributed by atoms with Crippen LogP contribution in [0.3, 0.4) is 0 Å². The Kier molecular flexibility index (Phi) is 4.64. The lowest BCUT2D eigenvalue weighted by atomic mass is 9.89. The Hall–Kier alpha value is -1.03. The third-order valence-electron chi connectivity index (χ3n) is 3.49. The van der Waals surface area contributed by atoms with E-state index in [4.69, 9.17) is 0 Å². The molecule has 1 aromatic rings.